The summed E-state index contributed by atoms with van der Waals surface area (Å²) in [7, 11) is 14.7. The van der Waals surface area contributed by atoms with Crippen molar-refractivity contribution in [2.24, 2.45) is 42.3 Å². The van der Waals surface area contributed by atoms with Crippen molar-refractivity contribution >= 4 is 104 Å². The maximum atomic E-state index is 2.47. The van der Waals surface area contributed by atoms with Gasteiger partial charge in [-0.25, -0.2) is 18.3 Å². The Labute approximate surface area is 899 Å². The van der Waals surface area contributed by atoms with Gasteiger partial charge < -0.3 is 9.80 Å². The zero-order valence-electron chi connectivity index (χ0n) is 100. The summed E-state index contributed by atoms with van der Waals surface area (Å²) in [6, 6.07) is 101. The quantitative estimate of drug-likeness (QED) is 0.130. The smallest absolute Gasteiger partial charge is 0.358 e. The third-order valence-electron chi connectivity index (χ3n) is 23.2. The number of hydrogen-bond donors (Lipinski definition) is 0. The first-order chi connectivity index (χ1) is 72.0. The van der Waals surface area contributed by atoms with Crippen molar-refractivity contribution in [2.45, 2.75) is 284 Å². The number of aromatic nitrogens is 11. The van der Waals surface area contributed by atoms with Gasteiger partial charge in [0.25, 0.3) is 11.5 Å². The molecule has 0 bridgehead atoms. The van der Waals surface area contributed by atoms with Crippen LogP contribution < -0.4 is 28.0 Å². The van der Waals surface area contributed by atoms with Crippen LogP contribution in [0.3, 0.4) is 0 Å². The molecule has 2 aliphatic rings. The van der Waals surface area contributed by atoms with E-state index in [2.05, 4.69) is 474 Å². The second kappa shape index (κ2) is 72.4. The van der Waals surface area contributed by atoms with Crippen LogP contribution in [0.1, 0.15) is 275 Å². The Kier molecular flexibility index (Phi) is 65.6. The molecule has 2 aliphatic heterocycles. The van der Waals surface area contributed by atoms with Crippen LogP contribution in [0.2, 0.25) is 0 Å². The van der Waals surface area contributed by atoms with Gasteiger partial charge in [-0.2, -0.15) is 13.7 Å². The summed E-state index contributed by atoms with van der Waals surface area (Å²) >= 11 is 0. The summed E-state index contributed by atoms with van der Waals surface area (Å²) < 4.78 is 24.4. The van der Waals surface area contributed by atoms with Crippen molar-refractivity contribution in [3.63, 3.8) is 0 Å². The molecule has 0 aliphatic carbocycles. The lowest BCUT2D eigenvalue weighted by molar-refractivity contribution is -0.744. The van der Waals surface area contributed by atoms with Crippen molar-refractivity contribution in [2.75, 3.05) is 11.9 Å². The maximum Gasteiger partial charge on any atom is 0.369 e. The predicted molar refractivity (Wildman–Crippen MR) is 662 cm³/mol. The highest BCUT2D eigenvalue weighted by molar-refractivity contribution is 6.14. The minimum atomic E-state index is 0. The van der Waals surface area contributed by atoms with E-state index in [-0.39, 0.29) is 7.43 Å². The Morgan fingerprint density at radius 3 is 1.09 bits per heavy atom. The van der Waals surface area contributed by atoms with Crippen LogP contribution in [0.4, 0.5) is 5.69 Å². The lowest BCUT2D eigenvalue weighted by Gasteiger charge is -2.36. The topological polar surface area (TPSA) is 54.9 Å². The monoisotopic (exact) mass is 2000 g/mol. The van der Waals surface area contributed by atoms with Crippen LogP contribution in [0.5, 0.6) is 0 Å². The number of anilines is 1. The van der Waals surface area contributed by atoms with Crippen LogP contribution in [0.15, 0.2) is 335 Å². The molecule has 0 unspecified atom stereocenters. The molecule has 148 heavy (non-hydrogen) atoms. The van der Waals surface area contributed by atoms with Gasteiger partial charge in [-0.05, 0) is 160 Å². The lowest BCUT2D eigenvalue weighted by Crippen LogP contribution is -2.36. The maximum absolute atomic E-state index is 2.47. The van der Waals surface area contributed by atoms with Crippen LogP contribution in [-0.4, -0.2) is 45.6 Å². The zero-order valence-corrected chi connectivity index (χ0v) is 100. The molecular weight excluding hydrogens is 1800 g/mol. The summed E-state index contributed by atoms with van der Waals surface area (Å²) in [4.78, 5) is 4.75. The predicted octanol–water partition coefficient (Wildman–Crippen LogP) is 37.2. The molecule has 0 N–H and O–H groups in total. The van der Waals surface area contributed by atoms with Crippen molar-refractivity contribution in [1.82, 2.24) is 32.4 Å². The van der Waals surface area contributed by atoms with Gasteiger partial charge in [-0.1, -0.05) is 429 Å². The molecule has 9 aromatic heterocycles. The summed E-state index contributed by atoms with van der Waals surface area (Å²) in [5.74, 6) is 2.34. The first kappa shape index (κ1) is 134. The minimum absolute atomic E-state index is 0. The fraction of sp³-hybridized carbons (Fsp3) is 0.356. The van der Waals surface area contributed by atoms with Gasteiger partial charge in [0, 0.05) is 80.3 Å². The number of fused-ring (bicyclic) bond motifs is 21. The molecule has 798 valence electrons. The number of aryl methyl sites for hydroxylation is 12. The molecule has 20 aromatic rings. The molecule has 13 nitrogen and oxygen atoms in total. The van der Waals surface area contributed by atoms with Gasteiger partial charge >= 0.3 is 5.95 Å². The van der Waals surface area contributed by atoms with E-state index in [1.807, 2.05) is 241 Å². The minimum Gasteiger partial charge on any atom is -0.358 e. The Bertz CT molecular complexity index is 6970. The molecule has 22 rings (SSSR count). The van der Waals surface area contributed by atoms with E-state index in [0.29, 0.717) is 6.17 Å². The molecule has 11 heterocycles. The number of pyridine rings is 3. The number of para-hydroxylation sites is 9. The second-order valence-corrected chi connectivity index (χ2v) is 30.6. The van der Waals surface area contributed by atoms with Crippen molar-refractivity contribution in [3.05, 3.63) is 374 Å². The normalized spacial score (nSPS) is 10.5. The fourth-order valence-corrected chi connectivity index (χ4v) is 17.6. The number of hydrogen-bond acceptors (Lipinski definition) is 2. The summed E-state index contributed by atoms with van der Waals surface area (Å²) in [6.45, 7) is 79.3. The molecule has 0 radical (unpaired) electrons. The zero-order chi connectivity index (χ0) is 111. The highest BCUT2D eigenvalue weighted by atomic mass is 15.4. The van der Waals surface area contributed by atoms with Crippen LogP contribution in [-0.2, 0) is 42.3 Å². The van der Waals surface area contributed by atoms with E-state index in [1.54, 1.807) is 0 Å². The van der Waals surface area contributed by atoms with Crippen LogP contribution in [0, 0.1) is 41.5 Å². The number of rotatable bonds is 4. The molecule has 0 fully saturated rings. The van der Waals surface area contributed by atoms with Gasteiger partial charge in [-0.15, -0.1) is 18.6 Å². The first-order valence-corrected chi connectivity index (χ1v) is 55.6. The van der Waals surface area contributed by atoms with E-state index >= 15 is 0 Å². The highest BCUT2D eigenvalue weighted by Crippen LogP contribution is 2.49. The standard InChI is InChI=1S/2C19H17N2.C18H18N3.C18H18N2.C17H15N2.C11H13N2.16C2H6.CH4/c1-14-8-3-5-11-17(14)21-18-12-6-4-9-15(18)16-10-7-13-20(2)19(16)21;1-14-8-7-10-16-15-9-3-4-11-17(15)21(19(14)16)18-12-5-6-13-20(18)2;1-13-7-6-9-15-14-8-4-5-10-16(14)21(17(13)15)18-19(2)11-12-20(18)3;1-12-7-6-10-16-14-8-4-5-9-15(14)17-11-19(3)13(2)20(17)18(12)16;1-12-6-5-9-15-13-7-3-4-8-14(13)16-10-11-18(2)19(16)17(12)15;1-10-6-3-4-7-11(10)13-9-5-8-12(13)2;16*1-2;/h2*3-13H,1-2H3;4-12H,1-3H3;4-11,13H,1-3H3;3-11H,1-2H3;3-9H,1-2H3;16*1-2H3;1H4/q3*+1;;2*+1;;;;;;;;;;;;;;;;;/t;;;13-;;;;;;;;;;;;;;;;;;;/m...0.................../s1. The molecule has 11 aromatic carbocycles. The molecule has 13 heteroatoms. The Morgan fingerprint density at radius 2 is 0.615 bits per heavy atom. The van der Waals surface area contributed by atoms with Crippen molar-refractivity contribution < 1.29 is 23.1 Å². The molecule has 1 atom stereocenters. The largest absolute Gasteiger partial charge is 0.369 e. The van der Waals surface area contributed by atoms with E-state index in [9.17, 15) is 0 Å². The molecule has 0 spiro atoms. The number of imidazole rings is 1. The molecule has 0 saturated carbocycles. The fourth-order valence-electron chi connectivity index (χ4n) is 17.6. The average Bonchev–Trinajstić information content (AvgIpc) is 1.24. The first-order valence-electron chi connectivity index (χ1n) is 55.6. The van der Waals surface area contributed by atoms with Crippen molar-refractivity contribution in [3.8, 4) is 34.3 Å². The van der Waals surface area contributed by atoms with Crippen LogP contribution in [0.25, 0.3) is 133 Å². The van der Waals surface area contributed by atoms with Crippen LogP contribution >= 0.6 is 0 Å². The third-order valence-corrected chi connectivity index (χ3v) is 23.2. The lowest BCUT2D eigenvalue weighted by atomic mass is 9.90. The molecular formula is C135H198N13+5. The number of nitrogens with zero attached hydrogens (tertiary/aromatic N) is 13. The Balaban J connectivity index is 0.00000166. The van der Waals surface area contributed by atoms with E-state index in [4.69, 9.17) is 0 Å². The SMILES string of the molecule is C.CC.CC.CC.CC.CC.CC.CC.CC.CC.CC.CC.CC.CC.CC.CC.CC.Cc1cccc2c1N1C(=CN(C)[C@@H]1C)c1ccccc1-2.Cc1cccc2c3ccccc3c3cc[n+](C)n3c12.Cc1cccc2c3ccccc3n(-c3cccc[n+]3C)c12.Cc1cccc2c3ccccc3n(-c3n(C)cc[n+]3C)c12.Cc1ccccc1-n1c2ccccc2c2ccc[n+](C)c21.Cc1ccccc1-n1ccc[n+]1C. The second-order valence-electron chi connectivity index (χ2n) is 30.6. The van der Waals surface area contributed by atoms with Gasteiger partial charge in [0.15, 0.2) is 26.5 Å². The van der Waals surface area contributed by atoms with Gasteiger partial charge in [0.1, 0.15) is 56.2 Å². The van der Waals surface area contributed by atoms with Crippen molar-refractivity contribution in [1.29, 1.82) is 0 Å². The van der Waals surface area contributed by atoms with E-state index < -0.39 is 0 Å². The van der Waals surface area contributed by atoms with Gasteiger partial charge in [-0.3, -0.25) is 0 Å². The third kappa shape index (κ3) is 30.7. The molecule has 0 saturated heterocycles. The van der Waals surface area contributed by atoms with Gasteiger partial charge in [0.2, 0.25) is 0 Å². The Morgan fingerprint density at radius 1 is 0.250 bits per heavy atom. The summed E-state index contributed by atoms with van der Waals surface area (Å²) in [5, 5.41) is 11.8. The number of benzene rings is 11. The summed E-state index contributed by atoms with van der Waals surface area (Å²) in [5.41, 5.74) is 27.1. The summed E-state index contributed by atoms with van der Waals surface area (Å²) in [6.07, 6.45) is 17.2. The molecule has 0 amide bonds. The average molecular weight is 2000 g/mol. The Hall–Kier alpha value is -13.9. The van der Waals surface area contributed by atoms with E-state index in [0.717, 1.165) is 5.95 Å². The van der Waals surface area contributed by atoms with Gasteiger partial charge in [0.05, 0.1) is 75.9 Å². The van der Waals surface area contributed by atoms with E-state index in [1.165, 1.54) is 171 Å². The highest BCUT2D eigenvalue weighted by Gasteiger charge is 2.36.